The summed E-state index contributed by atoms with van der Waals surface area (Å²) in [7, 11) is 1.59. The van der Waals surface area contributed by atoms with Gasteiger partial charge in [0.1, 0.15) is 0 Å². The Morgan fingerprint density at radius 1 is 1.29 bits per heavy atom. The van der Waals surface area contributed by atoms with Crippen molar-refractivity contribution >= 4 is 16.5 Å². The third-order valence-electron chi connectivity index (χ3n) is 3.28. The highest BCUT2D eigenvalue weighted by atomic mass is 32.1. The Morgan fingerprint density at radius 2 is 1.95 bits per heavy atom. The molecule has 1 fully saturated rings. The zero-order valence-electron chi connectivity index (χ0n) is 11.8. The van der Waals surface area contributed by atoms with Gasteiger partial charge in [-0.1, -0.05) is 0 Å². The van der Waals surface area contributed by atoms with E-state index in [1.165, 1.54) is 16.2 Å². The molecule has 0 aliphatic carbocycles. The van der Waals surface area contributed by atoms with Crippen LogP contribution in [0.15, 0.2) is 0 Å². The molecule has 0 radical (unpaired) electrons. The van der Waals surface area contributed by atoms with Crippen LogP contribution in [0.5, 0.6) is 0 Å². The molecule has 0 bridgehead atoms. The van der Waals surface area contributed by atoms with Gasteiger partial charge in [-0.05, 0) is 0 Å². The van der Waals surface area contributed by atoms with E-state index >= 15 is 0 Å². The number of hydrogen-bond donors (Lipinski definition) is 1. The fourth-order valence-electron chi connectivity index (χ4n) is 2.26. The molecule has 2 rings (SSSR count). The third-order valence-corrected chi connectivity index (χ3v) is 4.46. The average Bonchev–Trinajstić information content (AvgIpc) is 2.81. The summed E-state index contributed by atoms with van der Waals surface area (Å²) in [5, 5.41) is 0.814. The second-order valence-electron chi connectivity index (χ2n) is 4.88. The first-order chi connectivity index (χ1) is 9.93. The van der Waals surface area contributed by atoms with Crippen molar-refractivity contribution < 1.29 is 17.9 Å². The molecule has 1 aliphatic heterocycles. The molecule has 0 spiro atoms. The van der Waals surface area contributed by atoms with Crippen molar-refractivity contribution in [2.45, 2.75) is 19.3 Å². The molecule has 120 valence electrons. The summed E-state index contributed by atoms with van der Waals surface area (Å²) in [4.78, 5) is 8.89. The van der Waals surface area contributed by atoms with E-state index in [-0.39, 0.29) is 0 Å². The summed E-state index contributed by atoms with van der Waals surface area (Å²) >= 11 is 1.49. The van der Waals surface area contributed by atoms with Gasteiger partial charge in [-0.15, -0.1) is 11.3 Å². The van der Waals surface area contributed by atoms with Crippen LogP contribution in [-0.2, 0) is 17.9 Å². The molecule has 9 heteroatoms. The normalized spacial score (nSPS) is 17.5. The van der Waals surface area contributed by atoms with Crippen molar-refractivity contribution in [2.24, 2.45) is 5.73 Å². The Labute approximate surface area is 125 Å². The van der Waals surface area contributed by atoms with Crippen LogP contribution in [0.3, 0.4) is 0 Å². The Hall–Kier alpha value is -0.900. The number of halogens is 3. The Balaban J connectivity index is 1.96. The summed E-state index contributed by atoms with van der Waals surface area (Å²) in [6.07, 6.45) is -4.14. The summed E-state index contributed by atoms with van der Waals surface area (Å²) in [5.41, 5.74) is 6.50. The van der Waals surface area contributed by atoms with Crippen molar-refractivity contribution in [2.75, 3.05) is 44.7 Å². The Morgan fingerprint density at radius 3 is 2.48 bits per heavy atom. The van der Waals surface area contributed by atoms with Gasteiger partial charge in [-0.3, -0.25) is 4.90 Å². The number of alkyl halides is 3. The van der Waals surface area contributed by atoms with Crippen molar-refractivity contribution in [3.8, 4) is 0 Å². The van der Waals surface area contributed by atoms with Gasteiger partial charge in [-0.25, -0.2) is 4.98 Å². The highest BCUT2D eigenvalue weighted by Crippen LogP contribution is 2.28. The van der Waals surface area contributed by atoms with Crippen LogP contribution in [0.2, 0.25) is 0 Å². The average molecular weight is 324 g/mol. The molecule has 1 aromatic rings. The lowest BCUT2D eigenvalue weighted by Gasteiger charge is -2.34. The van der Waals surface area contributed by atoms with Gasteiger partial charge in [0.2, 0.25) is 0 Å². The number of aromatic nitrogens is 1. The minimum absolute atomic E-state index is 0.386. The number of nitrogens with two attached hydrogens (primary N) is 1. The second-order valence-corrected chi connectivity index (χ2v) is 5.94. The molecule has 5 nitrogen and oxygen atoms in total. The van der Waals surface area contributed by atoms with Crippen LogP contribution in [-0.4, -0.2) is 55.9 Å². The first-order valence-corrected chi connectivity index (χ1v) is 7.46. The Kier molecular flexibility index (Phi) is 5.42. The fourth-order valence-corrected chi connectivity index (χ4v) is 3.26. The molecule has 0 atom stereocenters. The van der Waals surface area contributed by atoms with Crippen molar-refractivity contribution in [1.82, 2.24) is 9.88 Å². The molecule has 0 aromatic carbocycles. The first kappa shape index (κ1) is 16.5. The number of anilines is 1. The lowest BCUT2D eigenvalue weighted by Crippen LogP contribution is -2.49. The molecule has 1 saturated heterocycles. The van der Waals surface area contributed by atoms with E-state index in [1.807, 2.05) is 4.90 Å². The van der Waals surface area contributed by atoms with Crippen LogP contribution >= 0.6 is 11.3 Å². The smallest absolute Gasteiger partial charge is 0.378 e. The summed E-state index contributed by atoms with van der Waals surface area (Å²) in [6, 6.07) is 0. The monoisotopic (exact) mass is 324 g/mol. The van der Waals surface area contributed by atoms with E-state index in [0.29, 0.717) is 39.3 Å². The number of methoxy groups -OCH3 is 1. The predicted octanol–water partition coefficient (Wildman–Crippen LogP) is 1.43. The summed E-state index contributed by atoms with van der Waals surface area (Å²) in [5.74, 6) is 0. The van der Waals surface area contributed by atoms with Gasteiger partial charge in [-0.2, -0.15) is 13.2 Å². The molecule has 21 heavy (non-hydrogen) atoms. The van der Waals surface area contributed by atoms with Gasteiger partial charge >= 0.3 is 6.18 Å². The van der Waals surface area contributed by atoms with Gasteiger partial charge < -0.3 is 15.4 Å². The topological polar surface area (TPSA) is 54.6 Å². The van der Waals surface area contributed by atoms with Crippen molar-refractivity contribution in [3.05, 3.63) is 10.6 Å². The molecular weight excluding hydrogens is 305 g/mol. The number of thiazole rings is 1. The van der Waals surface area contributed by atoms with E-state index in [9.17, 15) is 13.2 Å². The van der Waals surface area contributed by atoms with Crippen LogP contribution < -0.4 is 10.6 Å². The second kappa shape index (κ2) is 6.91. The molecule has 0 unspecified atom stereocenters. The van der Waals surface area contributed by atoms with E-state index in [4.69, 9.17) is 10.5 Å². The lowest BCUT2D eigenvalue weighted by molar-refractivity contribution is -0.146. The number of piperazine rings is 1. The van der Waals surface area contributed by atoms with Gasteiger partial charge in [0.25, 0.3) is 0 Å². The quantitative estimate of drug-likeness (QED) is 0.888. The summed E-state index contributed by atoms with van der Waals surface area (Å²) < 4.78 is 42.1. The maximum absolute atomic E-state index is 12.4. The fraction of sp³-hybridized carbons (Fsp3) is 0.750. The number of nitrogens with zero attached hydrogens (tertiary/aromatic N) is 3. The van der Waals surface area contributed by atoms with Gasteiger partial charge in [0.05, 0.1) is 18.8 Å². The SMILES string of the molecule is COCc1nc(N2CCN(CC(F)(F)F)CC2)sc1CN. The molecular formula is C12H19F3N4OS. The standard InChI is InChI=1S/C12H19F3N4OS/c1-20-7-9-10(6-16)21-11(17-9)19-4-2-18(3-5-19)8-12(13,14)15/h2-8,16H2,1H3. The van der Waals surface area contributed by atoms with Crippen molar-refractivity contribution in [3.63, 3.8) is 0 Å². The first-order valence-electron chi connectivity index (χ1n) is 6.64. The molecule has 1 aromatic heterocycles. The van der Waals surface area contributed by atoms with Crippen LogP contribution in [0.25, 0.3) is 0 Å². The van der Waals surface area contributed by atoms with E-state index in [2.05, 4.69) is 4.98 Å². The third kappa shape index (κ3) is 4.53. The van der Waals surface area contributed by atoms with Crippen LogP contribution in [0, 0.1) is 0 Å². The zero-order chi connectivity index (χ0) is 15.5. The van der Waals surface area contributed by atoms with Gasteiger partial charge in [0, 0.05) is 44.7 Å². The molecule has 0 saturated carbocycles. The van der Waals surface area contributed by atoms with Crippen LogP contribution in [0.1, 0.15) is 10.6 Å². The predicted molar refractivity (Wildman–Crippen MR) is 75.4 cm³/mol. The number of ether oxygens (including phenoxy) is 1. The highest BCUT2D eigenvalue weighted by molar-refractivity contribution is 7.15. The maximum Gasteiger partial charge on any atom is 0.401 e. The largest absolute Gasteiger partial charge is 0.401 e. The van der Waals surface area contributed by atoms with E-state index in [0.717, 1.165) is 15.7 Å². The lowest BCUT2D eigenvalue weighted by atomic mass is 10.3. The summed E-state index contributed by atoms with van der Waals surface area (Å²) in [6.45, 7) is 1.80. The minimum Gasteiger partial charge on any atom is -0.378 e. The van der Waals surface area contributed by atoms with E-state index < -0.39 is 12.7 Å². The van der Waals surface area contributed by atoms with Gasteiger partial charge in [0.15, 0.2) is 5.13 Å². The molecule has 2 heterocycles. The van der Waals surface area contributed by atoms with Crippen LogP contribution in [0.4, 0.5) is 18.3 Å². The minimum atomic E-state index is -4.14. The molecule has 1 aliphatic rings. The zero-order valence-corrected chi connectivity index (χ0v) is 12.6. The van der Waals surface area contributed by atoms with E-state index in [1.54, 1.807) is 7.11 Å². The highest BCUT2D eigenvalue weighted by Gasteiger charge is 2.32. The maximum atomic E-state index is 12.4. The molecule has 2 N–H and O–H groups in total. The van der Waals surface area contributed by atoms with Crippen molar-refractivity contribution in [1.29, 1.82) is 0 Å². The molecule has 0 amide bonds. The Bertz CT molecular complexity index is 458. The number of hydrogen-bond acceptors (Lipinski definition) is 6. The number of rotatable bonds is 5.